The van der Waals surface area contributed by atoms with Crippen LogP contribution in [0.3, 0.4) is 0 Å². The van der Waals surface area contributed by atoms with Crippen LogP contribution in [0, 0.1) is 6.92 Å². The first kappa shape index (κ1) is 18.5. The molecule has 0 aliphatic carbocycles. The number of nitrogens with one attached hydrogen (secondary N) is 1. The van der Waals surface area contributed by atoms with Crippen LogP contribution in [-0.2, 0) is 10.2 Å². The molecule has 2 rings (SSSR count). The summed E-state index contributed by atoms with van der Waals surface area (Å²) in [4.78, 5) is 11.8. The van der Waals surface area contributed by atoms with Gasteiger partial charge in [0.2, 0.25) is 0 Å². The first-order valence-electron chi connectivity index (χ1n) is 8.10. The van der Waals surface area contributed by atoms with E-state index in [9.17, 15) is 9.90 Å². The monoisotopic (exact) mass is 340 g/mol. The van der Waals surface area contributed by atoms with Gasteiger partial charge < -0.3 is 9.84 Å². The molecule has 0 aromatic heterocycles. The minimum absolute atomic E-state index is 0.0730. The maximum Gasteiger partial charge on any atom is 0.277 e. The van der Waals surface area contributed by atoms with Gasteiger partial charge in [0.05, 0.1) is 6.21 Å². The van der Waals surface area contributed by atoms with Gasteiger partial charge in [-0.1, -0.05) is 32.9 Å². The first-order chi connectivity index (χ1) is 11.8. The summed E-state index contributed by atoms with van der Waals surface area (Å²) in [5.74, 6) is 0.530. The molecule has 5 heteroatoms. The molecule has 0 unspecified atom stereocenters. The molecule has 0 saturated heterocycles. The van der Waals surface area contributed by atoms with Gasteiger partial charge in [0, 0.05) is 0 Å². The molecule has 0 radical (unpaired) electrons. The van der Waals surface area contributed by atoms with Crippen molar-refractivity contribution in [1.82, 2.24) is 5.43 Å². The number of carbonyl (C=O) groups is 1. The smallest absolute Gasteiger partial charge is 0.277 e. The Balaban J connectivity index is 1.86. The SMILES string of the molecule is Cc1cc(C(C)(C)C)ccc1OCC(=O)N/N=C\c1ccc(O)cc1. The van der Waals surface area contributed by atoms with Crippen molar-refractivity contribution in [3.8, 4) is 11.5 Å². The minimum atomic E-state index is -0.339. The van der Waals surface area contributed by atoms with Gasteiger partial charge in [-0.2, -0.15) is 5.10 Å². The predicted octanol–water partition coefficient (Wildman–Crippen LogP) is 3.53. The fraction of sp³-hybridized carbons (Fsp3) is 0.300. The molecule has 2 aromatic rings. The molecule has 0 aliphatic rings. The molecule has 2 aromatic carbocycles. The molecular formula is C20H24N2O3. The summed E-state index contributed by atoms with van der Waals surface area (Å²) in [5.41, 5.74) is 5.47. The van der Waals surface area contributed by atoms with Crippen molar-refractivity contribution in [2.24, 2.45) is 5.10 Å². The van der Waals surface area contributed by atoms with Crippen LogP contribution in [0.1, 0.15) is 37.5 Å². The van der Waals surface area contributed by atoms with Crippen molar-refractivity contribution in [2.75, 3.05) is 6.61 Å². The lowest BCUT2D eigenvalue weighted by Gasteiger charge is -2.20. The largest absolute Gasteiger partial charge is 0.508 e. The van der Waals surface area contributed by atoms with Crippen LogP contribution in [0.25, 0.3) is 0 Å². The standard InChI is InChI=1S/C20H24N2O3/c1-14-11-16(20(2,3)4)7-10-18(14)25-13-19(24)22-21-12-15-5-8-17(23)9-6-15/h5-12,23H,13H2,1-4H3,(H,22,24)/b21-12-. The molecular weight excluding hydrogens is 316 g/mol. The molecule has 2 N–H and O–H groups in total. The Morgan fingerprint density at radius 1 is 1.20 bits per heavy atom. The van der Waals surface area contributed by atoms with Crippen LogP contribution in [0.5, 0.6) is 11.5 Å². The topological polar surface area (TPSA) is 70.9 Å². The zero-order chi connectivity index (χ0) is 18.4. The molecule has 0 fully saturated rings. The quantitative estimate of drug-likeness (QED) is 0.646. The van der Waals surface area contributed by atoms with Gasteiger partial charge in [0.25, 0.3) is 5.91 Å². The van der Waals surface area contributed by atoms with Crippen molar-refractivity contribution in [3.63, 3.8) is 0 Å². The minimum Gasteiger partial charge on any atom is -0.508 e. The second kappa shape index (κ2) is 7.83. The number of ether oxygens (including phenoxy) is 1. The Bertz CT molecular complexity index is 760. The molecule has 25 heavy (non-hydrogen) atoms. The number of aromatic hydroxyl groups is 1. The van der Waals surface area contributed by atoms with Gasteiger partial charge in [0.15, 0.2) is 6.61 Å². The lowest BCUT2D eigenvalue weighted by atomic mass is 9.86. The van der Waals surface area contributed by atoms with Crippen LogP contribution in [0.15, 0.2) is 47.6 Å². The Kier molecular flexibility index (Phi) is 5.80. The van der Waals surface area contributed by atoms with Crippen LogP contribution in [-0.4, -0.2) is 23.8 Å². The van der Waals surface area contributed by atoms with E-state index >= 15 is 0 Å². The number of hydrogen-bond acceptors (Lipinski definition) is 4. The molecule has 5 nitrogen and oxygen atoms in total. The summed E-state index contributed by atoms with van der Waals surface area (Å²) < 4.78 is 5.57. The van der Waals surface area contributed by atoms with Crippen molar-refractivity contribution in [1.29, 1.82) is 0 Å². The van der Waals surface area contributed by atoms with Crippen molar-refractivity contribution < 1.29 is 14.6 Å². The lowest BCUT2D eigenvalue weighted by molar-refractivity contribution is -0.123. The maximum absolute atomic E-state index is 11.8. The molecule has 0 aliphatic heterocycles. The van der Waals surface area contributed by atoms with E-state index in [4.69, 9.17) is 4.74 Å². The highest BCUT2D eigenvalue weighted by atomic mass is 16.5. The van der Waals surface area contributed by atoms with Crippen LogP contribution < -0.4 is 10.2 Å². The average Bonchev–Trinajstić information content (AvgIpc) is 2.54. The Morgan fingerprint density at radius 2 is 1.88 bits per heavy atom. The number of phenols is 1. The normalized spacial score (nSPS) is 11.5. The Hall–Kier alpha value is -2.82. The number of aryl methyl sites for hydroxylation is 1. The third-order valence-electron chi connectivity index (χ3n) is 3.70. The first-order valence-corrected chi connectivity index (χ1v) is 8.10. The number of rotatable bonds is 5. The summed E-state index contributed by atoms with van der Waals surface area (Å²) in [7, 11) is 0. The molecule has 0 spiro atoms. The van der Waals surface area contributed by atoms with Gasteiger partial charge >= 0.3 is 0 Å². The van der Waals surface area contributed by atoms with Gasteiger partial charge in [-0.05, 0) is 59.4 Å². The number of nitrogens with zero attached hydrogens (tertiary/aromatic N) is 1. The number of hydrogen-bond donors (Lipinski definition) is 2. The average molecular weight is 340 g/mol. The molecule has 0 atom stereocenters. The van der Waals surface area contributed by atoms with Crippen LogP contribution >= 0.6 is 0 Å². The van der Waals surface area contributed by atoms with Crippen molar-refractivity contribution in [3.05, 3.63) is 59.2 Å². The summed E-state index contributed by atoms with van der Waals surface area (Å²) >= 11 is 0. The number of carbonyl (C=O) groups excluding carboxylic acids is 1. The van der Waals surface area contributed by atoms with E-state index in [-0.39, 0.29) is 23.7 Å². The highest BCUT2D eigenvalue weighted by Crippen LogP contribution is 2.27. The Morgan fingerprint density at radius 3 is 2.48 bits per heavy atom. The summed E-state index contributed by atoms with van der Waals surface area (Å²) in [6, 6.07) is 12.5. The van der Waals surface area contributed by atoms with E-state index < -0.39 is 0 Å². The number of benzene rings is 2. The van der Waals surface area contributed by atoms with Gasteiger partial charge in [-0.3, -0.25) is 4.79 Å². The van der Waals surface area contributed by atoms with Crippen molar-refractivity contribution >= 4 is 12.1 Å². The number of hydrazone groups is 1. The Labute approximate surface area is 148 Å². The third kappa shape index (κ3) is 5.64. The van der Waals surface area contributed by atoms with E-state index in [1.807, 2.05) is 19.1 Å². The molecule has 1 amide bonds. The molecule has 0 heterocycles. The second-order valence-electron chi connectivity index (χ2n) is 6.90. The summed E-state index contributed by atoms with van der Waals surface area (Å²) in [6.45, 7) is 8.32. The summed E-state index contributed by atoms with van der Waals surface area (Å²) in [6.07, 6.45) is 1.50. The van der Waals surface area contributed by atoms with Crippen molar-refractivity contribution in [2.45, 2.75) is 33.1 Å². The van der Waals surface area contributed by atoms with E-state index in [0.717, 1.165) is 11.1 Å². The zero-order valence-electron chi connectivity index (χ0n) is 15.0. The van der Waals surface area contributed by atoms with Gasteiger partial charge in [-0.15, -0.1) is 0 Å². The second-order valence-corrected chi connectivity index (χ2v) is 6.90. The highest BCUT2D eigenvalue weighted by molar-refractivity contribution is 5.83. The van der Waals surface area contributed by atoms with Gasteiger partial charge in [-0.25, -0.2) is 5.43 Å². The van der Waals surface area contributed by atoms with E-state index in [2.05, 4.69) is 37.4 Å². The summed E-state index contributed by atoms with van der Waals surface area (Å²) in [5, 5.41) is 13.1. The zero-order valence-corrected chi connectivity index (χ0v) is 15.0. The fourth-order valence-electron chi connectivity index (χ4n) is 2.19. The predicted molar refractivity (Wildman–Crippen MR) is 99.2 cm³/mol. The number of phenolic OH excluding ortho intramolecular Hbond substituents is 1. The fourth-order valence-corrected chi connectivity index (χ4v) is 2.19. The maximum atomic E-state index is 11.8. The van der Waals surface area contributed by atoms with E-state index in [1.54, 1.807) is 24.3 Å². The number of amides is 1. The van der Waals surface area contributed by atoms with Crippen LogP contribution in [0.2, 0.25) is 0 Å². The van der Waals surface area contributed by atoms with E-state index in [1.165, 1.54) is 11.8 Å². The molecule has 132 valence electrons. The lowest BCUT2D eigenvalue weighted by Crippen LogP contribution is -2.24. The molecule has 0 bridgehead atoms. The highest BCUT2D eigenvalue weighted by Gasteiger charge is 2.15. The molecule has 0 saturated carbocycles. The van der Waals surface area contributed by atoms with Crippen LogP contribution in [0.4, 0.5) is 0 Å². The van der Waals surface area contributed by atoms with Gasteiger partial charge in [0.1, 0.15) is 11.5 Å². The van der Waals surface area contributed by atoms with E-state index in [0.29, 0.717) is 5.75 Å². The third-order valence-corrected chi connectivity index (χ3v) is 3.70.